The molecule has 2 fully saturated rings. The number of halogens is 1. The summed E-state index contributed by atoms with van der Waals surface area (Å²) in [6.07, 6.45) is 2.08. The van der Waals surface area contributed by atoms with Gasteiger partial charge in [-0.25, -0.2) is 4.39 Å². The molecule has 2 saturated heterocycles. The minimum Gasteiger partial charge on any atom is -0.334 e. The summed E-state index contributed by atoms with van der Waals surface area (Å²) >= 11 is 0. The molecule has 7 heteroatoms. The van der Waals surface area contributed by atoms with Crippen molar-refractivity contribution in [2.45, 2.75) is 18.4 Å². The van der Waals surface area contributed by atoms with Gasteiger partial charge in [0.15, 0.2) is 0 Å². The molecular weight excluding hydrogens is 333 g/mol. The van der Waals surface area contributed by atoms with Crippen LogP contribution in [0.25, 0.3) is 11.3 Å². The van der Waals surface area contributed by atoms with Gasteiger partial charge in [0.05, 0.1) is 5.69 Å². The Labute approximate surface area is 152 Å². The Bertz CT molecular complexity index is 799. The van der Waals surface area contributed by atoms with E-state index in [0.29, 0.717) is 23.5 Å². The highest BCUT2D eigenvalue weighted by atomic mass is 19.1. The van der Waals surface area contributed by atoms with Crippen LogP contribution in [0.5, 0.6) is 0 Å². The van der Waals surface area contributed by atoms with E-state index < -0.39 is 0 Å². The first kappa shape index (κ1) is 17.2. The summed E-state index contributed by atoms with van der Waals surface area (Å²) in [5.74, 6) is -0.405. The molecule has 0 atom stereocenters. The van der Waals surface area contributed by atoms with E-state index in [1.165, 1.54) is 6.07 Å². The Balaban J connectivity index is 1.54. The van der Waals surface area contributed by atoms with Crippen molar-refractivity contribution >= 4 is 5.91 Å². The number of carbonyl (C=O) groups is 1. The first-order valence-corrected chi connectivity index (χ1v) is 9.11. The number of benzene rings is 1. The second kappa shape index (κ2) is 6.81. The molecule has 1 aromatic heterocycles. The zero-order chi connectivity index (χ0) is 18.1. The molecule has 0 bridgehead atoms. The molecule has 0 saturated carbocycles. The first-order valence-electron chi connectivity index (χ1n) is 9.11. The lowest BCUT2D eigenvalue weighted by Crippen LogP contribution is -2.64. The minimum absolute atomic E-state index is 0.0492. The highest BCUT2D eigenvalue weighted by Gasteiger charge is 2.42. The number of nitrogens with one attached hydrogen (secondary N) is 2. The summed E-state index contributed by atoms with van der Waals surface area (Å²) in [5.41, 5.74) is 1.32. The number of H-pyrrole nitrogens is 1. The summed E-state index contributed by atoms with van der Waals surface area (Å²) in [4.78, 5) is 17.3. The Morgan fingerprint density at radius 2 is 2.00 bits per heavy atom. The third kappa shape index (κ3) is 3.01. The predicted molar refractivity (Wildman–Crippen MR) is 97.3 cm³/mol. The number of carbonyl (C=O) groups excluding carboxylic acids is 1. The van der Waals surface area contributed by atoms with E-state index in [-0.39, 0.29) is 17.3 Å². The molecule has 3 heterocycles. The minimum atomic E-state index is -0.341. The molecule has 1 spiro atoms. The van der Waals surface area contributed by atoms with Crippen molar-refractivity contribution in [3.8, 4) is 11.3 Å². The molecule has 1 aromatic carbocycles. The largest absolute Gasteiger partial charge is 0.334 e. The van der Waals surface area contributed by atoms with E-state index in [9.17, 15) is 9.18 Å². The van der Waals surface area contributed by atoms with Gasteiger partial charge in [0.1, 0.15) is 11.5 Å². The molecule has 0 radical (unpaired) electrons. The van der Waals surface area contributed by atoms with Crippen LogP contribution in [0.2, 0.25) is 0 Å². The summed E-state index contributed by atoms with van der Waals surface area (Å²) in [7, 11) is 2.15. The highest BCUT2D eigenvalue weighted by Crippen LogP contribution is 2.30. The number of hydrogen-bond acceptors (Lipinski definition) is 4. The second-order valence-electron chi connectivity index (χ2n) is 7.27. The number of nitrogens with zero attached hydrogens (tertiary/aromatic N) is 3. The molecule has 26 heavy (non-hydrogen) atoms. The average molecular weight is 357 g/mol. The van der Waals surface area contributed by atoms with Crippen LogP contribution in [0.4, 0.5) is 4.39 Å². The molecular formula is C19H24FN5O. The lowest BCUT2D eigenvalue weighted by atomic mass is 9.84. The van der Waals surface area contributed by atoms with Crippen molar-refractivity contribution in [3.63, 3.8) is 0 Å². The van der Waals surface area contributed by atoms with Crippen molar-refractivity contribution in [3.05, 3.63) is 41.8 Å². The van der Waals surface area contributed by atoms with Gasteiger partial charge in [-0.1, -0.05) is 12.1 Å². The van der Waals surface area contributed by atoms with E-state index >= 15 is 0 Å². The smallest absolute Gasteiger partial charge is 0.271 e. The molecule has 1 amide bonds. The van der Waals surface area contributed by atoms with Gasteiger partial charge in [-0.2, -0.15) is 5.10 Å². The van der Waals surface area contributed by atoms with Crippen molar-refractivity contribution in [2.24, 2.45) is 0 Å². The number of likely N-dealkylation sites (N-methyl/N-ethyl adjacent to an activating group) is 1. The fraction of sp³-hybridized carbons (Fsp3) is 0.474. The maximum absolute atomic E-state index is 14.0. The predicted octanol–water partition coefficient (Wildman–Crippen LogP) is 1.73. The molecule has 4 rings (SSSR count). The normalized spacial score (nSPS) is 20.5. The van der Waals surface area contributed by atoms with Gasteiger partial charge in [0, 0.05) is 30.7 Å². The van der Waals surface area contributed by atoms with Crippen LogP contribution in [0, 0.1) is 5.82 Å². The fourth-order valence-corrected chi connectivity index (χ4v) is 4.08. The molecule has 2 aromatic rings. The molecule has 2 N–H and O–H groups in total. The molecule has 2 aliphatic rings. The zero-order valence-electron chi connectivity index (χ0n) is 15.0. The maximum Gasteiger partial charge on any atom is 0.271 e. The van der Waals surface area contributed by atoms with Gasteiger partial charge >= 0.3 is 0 Å². The van der Waals surface area contributed by atoms with Crippen LogP contribution >= 0.6 is 0 Å². The monoisotopic (exact) mass is 357 g/mol. The Kier molecular flexibility index (Phi) is 4.50. The Hall–Kier alpha value is -2.25. The van der Waals surface area contributed by atoms with Gasteiger partial charge in [0.2, 0.25) is 0 Å². The van der Waals surface area contributed by atoms with Crippen LogP contribution < -0.4 is 5.32 Å². The zero-order valence-corrected chi connectivity index (χ0v) is 15.0. The van der Waals surface area contributed by atoms with Crippen molar-refractivity contribution in [1.29, 1.82) is 0 Å². The lowest BCUT2D eigenvalue weighted by molar-refractivity contribution is -0.00123. The van der Waals surface area contributed by atoms with E-state index in [1.807, 2.05) is 4.90 Å². The summed E-state index contributed by atoms with van der Waals surface area (Å²) < 4.78 is 14.0. The van der Waals surface area contributed by atoms with Crippen LogP contribution in [0.15, 0.2) is 30.3 Å². The van der Waals surface area contributed by atoms with Gasteiger partial charge in [-0.15, -0.1) is 0 Å². The van der Waals surface area contributed by atoms with Crippen molar-refractivity contribution in [1.82, 2.24) is 25.3 Å². The molecule has 0 unspecified atom stereocenters. The maximum atomic E-state index is 14.0. The summed E-state index contributed by atoms with van der Waals surface area (Å²) in [6.45, 7) is 4.23. The van der Waals surface area contributed by atoms with E-state index in [0.717, 1.165) is 39.0 Å². The van der Waals surface area contributed by atoms with Crippen LogP contribution in [0.1, 0.15) is 23.3 Å². The van der Waals surface area contributed by atoms with E-state index in [2.05, 4.69) is 27.5 Å². The van der Waals surface area contributed by atoms with Crippen LogP contribution in [-0.4, -0.2) is 71.2 Å². The molecule has 2 aliphatic heterocycles. The average Bonchev–Trinajstić information content (AvgIpc) is 3.14. The van der Waals surface area contributed by atoms with Gasteiger partial charge in [0.25, 0.3) is 5.91 Å². The number of hydrogen-bond donors (Lipinski definition) is 2. The lowest BCUT2D eigenvalue weighted by Gasteiger charge is -2.51. The highest BCUT2D eigenvalue weighted by molar-refractivity contribution is 5.93. The van der Waals surface area contributed by atoms with Gasteiger partial charge in [-0.3, -0.25) is 14.8 Å². The summed E-state index contributed by atoms with van der Waals surface area (Å²) in [6, 6.07) is 8.11. The van der Waals surface area contributed by atoms with Gasteiger partial charge in [-0.05, 0) is 51.2 Å². The number of piperazine rings is 1. The fourth-order valence-electron chi connectivity index (χ4n) is 4.08. The first-order chi connectivity index (χ1) is 12.6. The number of amides is 1. The van der Waals surface area contributed by atoms with Gasteiger partial charge < -0.3 is 10.2 Å². The van der Waals surface area contributed by atoms with Crippen LogP contribution in [0.3, 0.4) is 0 Å². The molecule has 0 aliphatic carbocycles. The third-order valence-corrected chi connectivity index (χ3v) is 5.78. The van der Waals surface area contributed by atoms with E-state index in [1.54, 1.807) is 24.3 Å². The SMILES string of the molecule is CN1CCN(C(=O)c2cc(-c3ccccc3F)n[nH]2)CC12CCNCC2. The Morgan fingerprint density at radius 3 is 2.77 bits per heavy atom. The third-order valence-electron chi connectivity index (χ3n) is 5.78. The van der Waals surface area contributed by atoms with Crippen LogP contribution in [-0.2, 0) is 0 Å². The quantitative estimate of drug-likeness (QED) is 0.859. The number of aromatic amines is 1. The van der Waals surface area contributed by atoms with E-state index in [4.69, 9.17) is 0 Å². The number of rotatable bonds is 2. The summed E-state index contributed by atoms with van der Waals surface area (Å²) in [5, 5.41) is 10.3. The molecule has 6 nitrogen and oxygen atoms in total. The number of piperidine rings is 1. The topological polar surface area (TPSA) is 64.3 Å². The van der Waals surface area contributed by atoms with Crippen molar-refractivity contribution in [2.75, 3.05) is 39.8 Å². The Morgan fingerprint density at radius 1 is 1.23 bits per heavy atom. The van der Waals surface area contributed by atoms with Crippen molar-refractivity contribution < 1.29 is 9.18 Å². The number of aromatic nitrogens is 2. The second-order valence-corrected chi connectivity index (χ2v) is 7.27. The standard InChI is InChI=1S/C19H24FN5O/c1-24-10-11-25(13-19(24)6-8-21-9-7-19)18(26)17-12-16(22-23-17)14-4-2-3-5-15(14)20/h2-5,12,21H,6-11,13H2,1H3,(H,22,23). The molecule has 138 valence electrons.